The van der Waals surface area contributed by atoms with Crippen molar-refractivity contribution >= 4 is 33.2 Å². The van der Waals surface area contributed by atoms with Gasteiger partial charge in [0.2, 0.25) is 0 Å². The summed E-state index contributed by atoms with van der Waals surface area (Å²) in [6.45, 7) is 3.51. The standard InChI is InChI=1S/C14H16BrNO2S/c15-11-1-2-19-13(11)14(17)18-12-9-3-8-4-10(12)7-16(5-8)6-9/h1-2,8-10,12H,3-7H2. The molecule has 1 saturated carbocycles. The molecule has 5 heteroatoms. The number of thiophene rings is 1. The summed E-state index contributed by atoms with van der Waals surface area (Å²) in [7, 11) is 0. The Kier molecular flexibility index (Phi) is 2.97. The molecule has 3 nitrogen and oxygen atoms in total. The third kappa shape index (κ3) is 2.06. The highest BCUT2D eigenvalue weighted by Gasteiger charge is 2.49. The van der Waals surface area contributed by atoms with E-state index in [2.05, 4.69) is 20.8 Å². The van der Waals surface area contributed by atoms with Crippen LogP contribution in [0.25, 0.3) is 0 Å². The maximum Gasteiger partial charge on any atom is 0.349 e. The quantitative estimate of drug-likeness (QED) is 0.774. The predicted octanol–water partition coefficient (Wildman–Crippen LogP) is 3.01. The summed E-state index contributed by atoms with van der Waals surface area (Å²) in [5, 5.41) is 1.92. The Morgan fingerprint density at radius 1 is 1.32 bits per heavy atom. The van der Waals surface area contributed by atoms with E-state index in [4.69, 9.17) is 4.74 Å². The van der Waals surface area contributed by atoms with E-state index in [0.717, 1.165) is 23.5 Å². The van der Waals surface area contributed by atoms with Crippen LogP contribution < -0.4 is 0 Å². The maximum absolute atomic E-state index is 12.3. The second-order valence-corrected chi connectivity index (χ2v) is 7.81. The van der Waals surface area contributed by atoms with Crippen LogP contribution in [0.3, 0.4) is 0 Å². The van der Waals surface area contributed by atoms with Crippen LogP contribution in [0.5, 0.6) is 0 Å². The number of halogens is 1. The molecule has 4 heterocycles. The molecule has 1 aromatic rings. The third-order valence-corrected chi connectivity index (χ3v) is 6.57. The van der Waals surface area contributed by atoms with Crippen molar-refractivity contribution < 1.29 is 9.53 Å². The monoisotopic (exact) mass is 341 g/mol. The molecule has 2 atom stereocenters. The van der Waals surface area contributed by atoms with Gasteiger partial charge in [-0.15, -0.1) is 11.3 Å². The molecular weight excluding hydrogens is 326 g/mol. The molecule has 2 unspecified atom stereocenters. The number of hydrogen-bond donors (Lipinski definition) is 0. The smallest absolute Gasteiger partial charge is 0.349 e. The minimum Gasteiger partial charge on any atom is -0.457 e. The summed E-state index contributed by atoms with van der Waals surface area (Å²) in [5.41, 5.74) is 0. The van der Waals surface area contributed by atoms with Gasteiger partial charge in [0, 0.05) is 35.9 Å². The summed E-state index contributed by atoms with van der Waals surface area (Å²) >= 11 is 4.86. The lowest BCUT2D eigenvalue weighted by Crippen LogP contribution is -2.60. The number of piperidine rings is 3. The van der Waals surface area contributed by atoms with Gasteiger partial charge in [-0.1, -0.05) is 0 Å². The Morgan fingerprint density at radius 3 is 2.63 bits per heavy atom. The maximum atomic E-state index is 12.3. The number of hydrogen-bond acceptors (Lipinski definition) is 4. The fourth-order valence-electron chi connectivity index (χ4n) is 4.17. The number of carbonyl (C=O) groups is 1. The molecule has 0 N–H and O–H groups in total. The van der Waals surface area contributed by atoms with Crippen molar-refractivity contribution in [3.8, 4) is 0 Å². The van der Waals surface area contributed by atoms with Gasteiger partial charge < -0.3 is 9.64 Å². The molecule has 1 aromatic heterocycles. The number of ether oxygens (including phenoxy) is 1. The molecule has 4 fully saturated rings. The summed E-state index contributed by atoms with van der Waals surface area (Å²) in [5.74, 6) is 1.83. The Morgan fingerprint density at radius 2 is 2.05 bits per heavy atom. The number of nitrogens with zero attached hydrogens (tertiary/aromatic N) is 1. The zero-order valence-electron chi connectivity index (χ0n) is 10.5. The molecule has 3 aliphatic heterocycles. The second kappa shape index (κ2) is 4.57. The third-order valence-electron chi connectivity index (χ3n) is 4.75. The molecule has 0 amide bonds. The molecule has 0 aromatic carbocycles. The first kappa shape index (κ1) is 12.4. The summed E-state index contributed by atoms with van der Waals surface area (Å²) in [4.78, 5) is 15.5. The Hall–Kier alpha value is -0.390. The molecule has 3 saturated heterocycles. The lowest BCUT2D eigenvalue weighted by Gasteiger charge is -2.55. The van der Waals surface area contributed by atoms with Gasteiger partial charge in [-0.25, -0.2) is 4.79 Å². The van der Waals surface area contributed by atoms with Crippen LogP contribution in [0.4, 0.5) is 0 Å². The molecule has 4 aliphatic rings. The SMILES string of the molecule is O=C(OC1C2CC3CC1CN(C3)C2)c1sccc1Br. The van der Waals surface area contributed by atoms with Crippen LogP contribution >= 0.6 is 27.3 Å². The molecule has 0 spiro atoms. The van der Waals surface area contributed by atoms with Crippen LogP contribution in [0.2, 0.25) is 0 Å². The molecule has 0 radical (unpaired) electrons. The van der Waals surface area contributed by atoms with Crippen molar-refractivity contribution in [2.24, 2.45) is 17.8 Å². The summed E-state index contributed by atoms with van der Waals surface area (Å²) in [6.07, 6.45) is 2.64. The minimum absolute atomic E-state index is 0.144. The topological polar surface area (TPSA) is 29.5 Å². The van der Waals surface area contributed by atoms with Crippen LogP contribution in [0.1, 0.15) is 22.5 Å². The van der Waals surface area contributed by atoms with Crippen molar-refractivity contribution in [3.05, 3.63) is 20.8 Å². The molecule has 19 heavy (non-hydrogen) atoms. The van der Waals surface area contributed by atoms with Crippen LogP contribution in [-0.2, 0) is 4.74 Å². The first-order valence-electron chi connectivity index (χ1n) is 6.87. The Balaban J connectivity index is 1.51. The first-order valence-corrected chi connectivity index (χ1v) is 8.54. The first-order chi connectivity index (χ1) is 9.20. The number of rotatable bonds is 2. The lowest BCUT2D eigenvalue weighted by molar-refractivity contribution is -0.116. The van der Waals surface area contributed by atoms with Crippen LogP contribution in [-0.4, -0.2) is 36.6 Å². The normalized spacial score (nSPS) is 39.5. The molecule has 102 valence electrons. The predicted molar refractivity (Wildman–Crippen MR) is 77.4 cm³/mol. The number of esters is 1. The van der Waals surface area contributed by atoms with E-state index < -0.39 is 0 Å². The minimum atomic E-state index is -0.144. The average molecular weight is 342 g/mol. The van der Waals surface area contributed by atoms with Gasteiger partial charge >= 0.3 is 5.97 Å². The molecule has 4 bridgehead atoms. The van der Waals surface area contributed by atoms with Gasteiger partial charge in [0.1, 0.15) is 11.0 Å². The van der Waals surface area contributed by atoms with E-state index in [1.165, 1.54) is 30.7 Å². The van der Waals surface area contributed by atoms with Gasteiger partial charge in [0.15, 0.2) is 0 Å². The average Bonchev–Trinajstić information content (AvgIpc) is 2.79. The van der Waals surface area contributed by atoms with Gasteiger partial charge in [0.25, 0.3) is 0 Å². The molecule has 5 rings (SSSR count). The molecular formula is C14H16BrNO2S. The van der Waals surface area contributed by atoms with Gasteiger partial charge in [0.05, 0.1) is 0 Å². The van der Waals surface area contributed by atoms with E-state index >= 15 is 0 Å². The molecule has 1 aliphatic carbocycles. The zero-order chi connectivity index (χ0) is 13.0. The van der Waals surface area contributed by atoms with Crippen molar-refractivity contribution in [1.82, 2.24) is 4.90 Å². The van der Waals surface area contributed by atoms with Gasteiger partial charge in [-0.05, 0) is 46.1 Å². The summed E-state index contributed by atoms with van der Waals surface area (Å²) in [6, 6.07) is 1.91. The van der Waals surface area contributed by atoms with E-state index in [0.29, 0.717) is 16.7 Å². The van der Waals surface area contributed by atoms with Gasteiger partial charge in [-0.2, -0.15) is 0 Å². The largest absolute Gasteiger partial charge is 0.457 e. The van der Waals surface area contributed by atoms with Crippen molar-refractivity contribution in [3.63, 3.8) is 0 Å². The van der Waals surface area contributed by atoms with Crippen molar-refractivity contribution in [2.75, 3.05) is 19.6 Å². The fraction of sp³-hybridized carbons (Fsp3) is 0.643. The van der Waals surface area contributed by atoms with Gasteiger partial charge in [-0.3, -0.25) is 0 Å². The lowest BCUT2D eigenvalue weighted by atomic mass is 9.66. The fourth-order valence-corrected chi connectivity index (χ4v) is 5.59. The highest BCUT2D eigenvalue weighted by molar-refractivity contribution is 9.10. The second-order valence-electron chi connectivity index (χ2n) is 6.04. The van der Waals surface area contributed by atoms with Crippen LogP contribution in [0.15, 0.2) is 15.9 Å². The highest BCUT2D eigenvalue weighted by atomic mass is 79.9. The zero-order valence-corrected chi connectivity index (χ0v) is 13.0. The van der Waals surface area contributed by atoms with E-state index in [1.807, 2.05) is 11.4 Å². The number of carbonyl (C=O) groups excluding carboxylic acids is 1. The summed E-state index contributed by atoms with van der Waals surface area (Å²) < 4.78 is 6.72. The van der Waals surface area contributed by atoms with Crippen molar-refractivity contribution in [1.29, 1.82) is 0 Å². The Labute approximate surface area is 125 Å². The van der Waals surface area contributed by atoms with E-state index in [9.17, 15) is 4.79 Å². The van der Waals surface area contributed by atoms with Crippen molar-refractivity contribution in [2.45, 2.75) is 18.9 Å². The highest BCUT2D eigenvalue weighted by Crippen LogP contribution is 2.45. The van der Waals surface area contributed by atoms with Crippen LogP contribution in [0, 0.1) is 17.8 Å². The van der Waals surface area contributed by atoms with E-state index in [1.54, 1.807) is 0 Å². The van der Waals surface area contributed by atoms with E-state index in [-0.39, 0.29) is 12.1 Å². The Bertz CT molecular complexity index is 487.